The molecule has 6 nitrogen and oxygen atoms in total. The molecule has 4 rings (SSSR count). The summed E-state index contributed by atoms with van der Waals surface area (Å²) in [6.45, 7) is 1.89. The average molecular weight is 408 g/mol. The molecule has 0 spiro atoms. The third-order valence-corrected chi connectivity index (χ3v) is 5.18. The van der Waals surface area contributed by atoms with Crippen LogP contribution in [0.15, 0.2) is 60.0 Å². The van der Waals surface area contributed by atoms with Crippen molar-refractivity contribution in [2.24, 2.45) is 0 Å². The molecule has 0 aliphatic carbocycles. The van der Waals surface area contributed by atoms with Crippen molar-refractivity contribution in [3.8, 4) is 22.9 Å². The Morgan fingerprint density at radius 1 is 1.03 bits per heavy atom. The maximum Gasteiger partial charge on any atom is 0.342 e. The van der Waals surface area contributed by atoms with Gasteiger partial charge >= 0.3 is 5.16 Å². The fourth-order valence-corrected chi connectivity index (χ4v) is 3.45. The van der Waals surface area contributed by atoms with Gasteiger partial charge in [-0.25, -0.2) is 9.37 Å². The zero-order valence-corrected chi connectivity index (χ0v) is 16.5. The number of rotatable bonds is 4. The number of halogens is 1. The van der Waals surface area contributed by atoms with Crippen molar-refractivity contribution < 1.29 is 13.7 Å². The molecule has 0 radical (unpaired) electrons. The molecule has 29 heavy (non-hydrogen) atoms. The molecule has 0 aliphatic rings. The Kier molecular flexibility index (Phi) is 5.04. The number of benzene rings is 2. The molecule has 2 aromatic heterocycles. The van der Waals surface area contributed by atoms with Gasteiger partial charge < -0.3 is 15.0 Å². The van der Waals surface area contributed by atoms with E-state index >= 15 is 0 Å². The molecule has 2 aromatic carbocycles. The van der Waals surface area contributed by atoms with Gasteiger partial charge in [0.15, 0.2) is 0 Å². The molecular formula is C21H17FN4O2S. The van der Waals surface area contributed by atoms with Crippen LogP contribution >= 0.6 is 0 Å². The van der Waals surface area contributed by atoms with Gasteiger partial charge in [-0.05, 0) is 42.8 Å². The van der Waals surface area contributed by atoms with E-state index in [0.717, 1.165) is 5.56 Å². The number of hydrogen-bond acceptors (Lipinski definition) is 6. The minimum atomic E-state index is -1.32. The van der Waals surface area contributed by atoms with Crippen LogP contribution in [0.4, 0.5) is 10.1 Å². The topological polar surface area (TPSA) is 97.0 Å². The van der Waals surface area contributed by atoms with E-state index in [0.29, 0.717) is 33.7 Å². The molecule has 4 aromatic rings. The molecule has 8 heteroatoms. The van der Waals surface area contributed by atoms with Crippen molar-refractivity contribution in [1.82, 2.24) is 15.0 Å². The lowest BCUT2D eigenvalue weighted by atomic mass is 10.0. The van der Waals surface area contributed by atoms with Crippen molar-refractivity contribution in [1.29, 1.82) is 0 Å². The van der Waals surface area contributed by atoms with Gasteiger partial charge in [-0.15, -0.1) is 0 Å². The summed E-state index contributed by atoms with van der Waals surface area (Å²) in [4.78, 5) is 12.7. The van der Waals surface area contributed by atoms with Crippen molar-refractivity contribution in [3.63, 3.8) is 0 Å². The lowest BCUT2D eigenvalue weighted by Gasteiger charge is -2.15. The fourth-order valence-electron chi connectivity index (χ4n) is 3.01. The molecule has 2 N–H and O–H groups in total. The predicted molar refractivity (Wildman–Crippen MR) is 111 cm³/mol. The molecule has 0 aliphatic heterocycles. The van der Waals surface area contributed by atoms with Crippen LogP contribution in [-0.2, 0) is 11.2 Å². The summed E-state index contributed by atoms with van der Waals surface area (Å²) in [5.74, 6) is 0.368. The van der Waals surface area contributed by atoms with Gasteiger partial charge in [0.25, 0.3) is 0 Å². The van der Waals surface area contributed by atoms with Crippen LogP contribution in [0.25, 0.3) is 22.0 Å². The molecular weight excluding hydrogens is 391 g/mol. The van der Waals surface area contributed by atoms with Gasteiger partial charge in [-0.1, -0.05) is 12.1 Å². The SMILES string of the molecule is Cc1ccc2c(N)c(F)ccc2c1Oc1ncccc1-c1ccnc([S+](C)[O-])n1. The molecule has 0 saturated heterocycles. The lowest BCUT2D eigenvalue weighted by molar-refractivity contribution is 0.466. The number of aryl methyl sites for hydroxylation is 1. The van der Waals surface area contributed by atoms with Crippen molar-refractivity contribution in [2.75, 3.05) is 12.0 Å². The molecule has 1 unspecified atom stereocenters. The van der Waals surface area contributed by atoms with Crippen molar-refractivity contribution in [3.05, 3.63) is 66.2 Å². The zero-order chi connectivity index (χ0) is 20.5. The number of fused-ring (bicyclic) bond motifs is 1. The number of pyridine rings is 1. The third kappa shape index (κ3) is 3.59. The first-order valence-corrected chi connectivity index (χ1v) is 10.3. The highest BCUT2D eigenvalue weighted by Crippen LogP contribution is 2.38. The summed E-state index contributed by atoms with van der Waals surface area (Å²) < 4.78 is 31.8. The van der Waals surface area contributed by atoms with E-state index in [1.807, 2.05) is 19.1 Å². The molecule has 1 atom stereocenters. The van der Waals surface area contributed by atoms with Crippen LogP contribution in [0.5, 0.6) is 11.6 Å². The number of hydrogen-bond donors (Lipinski definition) is 1. The highest BCUT2D eigenvalue weighted by molar-refractivity contribution is 7.90. The predicted octanol–water partition coefficient (Wildman–Crippen LogP) is 4.25. The lowest BCUT2D eigenvalue weighted by Crippen LogP contribution is -2.05. The quantitative estimate of drug-likeness (QED) is 0.308. The Hall–Kier alpha value is -3.23. The Labute approximate surface area is 169 Å². The van der Waals surface area contributed by atoms with Gasteiger partial charge in [0.1, 0.15) is 17.8 Å². The zero-order valence-electron chi connectivity index (χ0n) is 15.7. The van der Waals surface area contributed by atoms with Crippen LogP contribution in [-0.4, -0.2) is 25.8 Å². The third-order valence-electron chi connectivity index (χ3n) is 4.47. The minimum absolute atomic E-state index is 0.0689. The minimum Gasteiger partial charge on any atom is -0.609 e. The Morgan fingerprint density at radius 3 is 2.62 bits per heavy atom. The van der Waals surface area contributed by atoms with E-state index in [1.165, 1.54) is 12.3 Å². The smallest absolute Gasteiger partial charge is 0.342 e. The van der Waals surface area contributed by atoms with Gasteiger partial charge in [-0.2, -0.15) is 9.97 Å². The van der Waals surface area contributed by atoms with Gasteiger partial charge in [-0.3, -0.25) is 0 Å². The van der Waals surface area contributed by atoms with Gasteiger partial charge in [0.2, 0.25) is 5.88 Å². The van der Waals surface area contributed by atoms with E-state index < -0.39 is 17.0 Å². The standard InChI is InChI=1S/C21H17FN4O2S/c1-12-5-6-13-14(7-8-16(22)18(13)23)19(12)28-20-15(4-3-10-24-20)17-9-11-25-21(26-17)29(2)27/h3-11H,23H2,1-2H3. The summed E-state index contributed by atoms with van der Waals surface area (Å²) >= 11 is -1.32. The second kappa shape index (κ2) is 7.65. The molecule has 2 heterocycles. The van der Waals surface area contributed by atoms with E-state index in [1.54, 1.807) is 36.7 Å². The maximum atomic E-state index is 13.9. The van der Waals surface area contributed by atoms with Crippen LogP contribution in [0.2, 0.25) is 0 Å². The normalized spacial score (nSPS) is 12.1. The van der Waals surface area contributed by atoms with E-state index in [4.69, 9.17) is 10.5 Å². The number of nitrogen functional groups attached to an aromatic ring is 1. The van der Waals surface area contributed by atoms with E-state index in [-0.39, 0.29) is 10.8 Å². The summed E-state index contributed by atoms with van der Waals surface area (Å²) in [7, 11) is 0. The molecule has 0 saturated carbocycles. The largest absolute Gasteiger partial charge is 0.609 e. The van der Waals surface area contributed by atoms with E-state index in [9.17, 15) is 8.94 Å². The van der Waals surface area contributed by atoms with Crippen LogP contribution < -0.4 is 10.5 Å². The highest BCUT2D eigenvalue weighted by atomic mass is 32.2. The number of nitrogens with zero attached hydrogens (tertiary/aromatic N) is 3. The van der Waals surface area contributed by atoms with Crippen molar-refractivity contribution in [2.45, 2.75) is 12.1 Å². The summed E-state index contributed by atoms with van der Waals surface area (Å²) in [6, 6.07) is 11.8. The van der Waals surface area contributed by atoms with Crippen LogP contribution in [0.1, 0.15) is 5.56 Å². The van der Waals surface area contributed by atoms with Crippen LogP contribution in [0.3, 0.4) is 0 Å². The second-order valence-electron chi connectivity index (χ2n) is 6.40. The first-order chi connectivity index (χ1) is 14.0. The monoisotopic (exact) mass is 408 g/mol. The number of ether oxygens (including phenoxy) is 1. The first-order valence-electron chi connectivity index (χ1n) is 8.72. The summed E-state index contributed by atoms with van der Waals surface area (Å²) in [5.41, 5.74) is 7.98. The second-order valence-corrected chi connectivity index (χ2v) is 7.68. The van der Waals surface area contributed by atoms with Gasteiger partial charge in [0, 0.05) is 34.3 Å². The Balaban J connectivity index is 1.84. The fraction of sp³-hybridized carbons (Fsp3) is 0.0952. The molecule has 146 valence electrons. The Morgan fingerprint density at radius 2 is 1.83 bits per heavy atom. The number of aromatic nitrogens is 3. The van der Waals surface area contributed by atoms with E-state index in [2.05, 4.69) is 15.0 Å². The summed E-state index contributed by atoms with van der Waals surface area (Å²) in [6.07, 6.45) is 4.67. The van der Waals surface area contributed by atoms with Crippen LogP contribution in [0, 0.1) is 12.7 Å². The summed E-state index contributed by atoms with van der Waals surface area (Å²) in [5, 5.41) is 1.47. The number of nitrogens with two attached hydrogens (primary N) is 1. The Bertz CT molecular complexity index is 1220. The van der Waals surface area contributed by atoms with Gasteiger partial charge in [0.05, 0.1) is 16.9 Å². The average Bonchev–Trinajstić information content (AvgIpc) is 2.73. The molecule has 0 bridgehead atoms. The number of anilines is 1. The maximum absolute atomic E-state index is 13.9. The highest BCUT2D eigenvalue weighted by Gasteiger charge is 2.17. The van der Waals surface area contributed by atoms with Crippen molar-refractivity contribution >= 4 is 27.6 Å². The molecule has 0 amide bonds. The first kappa shape index (κ1) is 19.1. The molecule has 0 fully saturated rings.